The predicted molar refractivity (Wildman–Crippen MR) is 114 cm³/mol. The molecule has 2 aliphatic carbocycles. The van der Waals surface area contributed by atoms with Crippen LogP contribution < -0.4 is 9.62 Å². The maximum atomic E-state index is 13.4. The number of carbonyl (C=O) groups excluding carboxylic acids is 1. The van der Waals surface area contributed by atoms with Gasteiger partial charge in [-0.15, -0.1) is 0 Å². The smallest absolute Gasteiger partial charge is 0.264 e. The summed E-state index contributed by atoms with van der Waals surface area (Å²) in [6.07, 6.45) is 4.63. The number of aryl methyl sites for hydroxylation is 2. The minimum atomic E-state index is -3.86. The molecule has 0 aromatic heterocycles. The van der Waals surface area contributed by atoms with Gasteiger partial charge in [0.25, 0.3) is 10.0 Å². The van der Waals surface area contributed by atoms with Crippen molar-refractivity contribution in [1.29, 1.82) is 0 Å². The number of nitrogens with one attached hydrogen (secondary N) is 1. The molecule has 0 unspecified atom stereocenters. The molecule has 0 saturated heterocycles. The van der Waals surface area contributed by atoms with Gasteiger partial charge in [-0.2, -0.15) is 0 Å². The van der Waals surface area contributed by atoms with Crippen molar-refractivity contribution in [3.05, 3.63) is 59.7 Å². The van der Waals surface area contributed by atoms with E-state index in [1.807, 2.05) is 32.0 Å². The van der Waals surface area contributed by atoms with E-state index in [0.717, 1.165) is 17.5 Å². The average molecular weight is 413 g/mol. The van der Waals surface area contributed by atoms with E-state index < -0.39 is 10.0 Å². The van der Waals surface area contributed by atoms with E-state index in [1.165, 1.54) is 23.6 Å². The lowest BCUT2D eigenvalue weighted by molar-refractivity contribution is -0.120. The first-order valence-electron chi connectivity index (χ1n) is 10.3. The Kier molecular flexibility index (Phi) is 5.38. The number of sulfonamides is 1. The van der Waals surface area contributed by atoms with Gasteiger partial charge in [0.2, 0.25) is 5.91 Å². The molecule has 2 bridgehead atoms. The molecule has 4 rings (SSSR count). The van der Waals surface area contributed by atoms with E-state index in [1.54, 1.807) is 30.3 Å². The Hall–Kier alpha value is -2.34. The fourth-order valence-electron chi connectivity index (χ4n) is 4.81. The van der Waals surface area contributed by atoms with Gasteiger partial charge in [0.15, 0.2) is 0 Å². The molecule has 2 aromatic rings. The predicted octanol–water partition coefficient (Wildman–Crippen LogP) is 3.80. The second-order valence-corrected chi connectivity index (χ2v) is 10.3. The minimum Gasteiger partial charge on any atom is -0.352 e. The third-order valence-electron chi connectivity index (χ3n) is 6.34. The number of benzene rings is 2. The Balaban J connectivity index is 1.63. The van der Waals surface area contributed by atoms with Crippen molar-refractivity contribution < 1.29 is 13.2 Å². The molecule has 29 heavy (non-hydrogen) atoms. The summed E-state index contributed by atoms with van der Waals surface area (Å²) in [5, 5.41) is 3.12. The highest BCUT2D eigenvalue weighted by Crippen LogP contribution is 2.44. The zero-order valence-corrected chi connectivity index (χ0v) is 17.8. The molecule has 2 aliphatic rings. The molecule has 5 nitrogen and oxygen atoms in total. The Morgan fingerprint density at radius 2 is 1.83 bits per heavy atom. The molecule has 2 aromatic carbocycles. The third-order valence-corrected chi connectivity index (χ3v) is 8.11. The Labute approximate surface area is 173 Å². The molecule has 0 spiro atoms. The summed E-state index contributed by atoms with van der Waals surface area (Å²) in [7, 11) is -3.86. The summed E-state index contributed by atoms with van der Waals surface area (Å²) in [4.78, 5) is 13.1. The molecule has 154 valence electrons. The first-order valence-corrected chi connectivity index (χ1v) is 11.7. The van der Waals surface area contributed by atoms with E-state index in [9.17, 15) is 13.2 Å². The van der Waals surface area contributed by atoms with Crippen molar-refractivity contribution in [3.8, 4) is 0 Å². The van der Waals surface area contributed by atoms with Crippen LogP contribution in [0.4, 0.5) is 5.69 Å². The second-order valence-electron chi connectivity index (χ2n) is 8.46. The molecular formula is C23H28N2O3S. The van der Waals surface area contributed by atoms with Gasteiger partial charge < -0.3 is 5.32 Å². The van der Waals surface area contributed by atoms with Crippen molar-refractivity contribution in [3.63, 3.8) is 0 Å². The van der Waals surface area contributed by atoms with Crippen molar-refractivity contribution in [2.24, 2.45) is 11.8 Å². The lowest BCUT2D eigenvalue weighted by Gasteiger charge is -2.28. The Morgan fingerprint density at radius 1 is 1.07 bits per heavy atom. The van der Waals surface area contributed by atoms with Crippen LogP contribution >= 0.6 is 0 Å². The second kappa shape index (κ2) is 7.82. The number of amides is 1. The van der Waals surface area contributed by atoms with Gasteiger partial charge in [-0.25, -0.2) is 8.42 Å². The van der Waals surface area contributed by atoms with Crippen LogP contribution in [0, 0.1) is 25.7 Å². The van der Waals surface area contributed by atoms with Gasteiger partial charge in [0.05, 0.1) is 10.6 Å². The fourth-order valence-corrected chi connectivity index (χ4v) is 6.31. The van der Waals surface area contributed by atoms with E-state index in [0.29, 0.717) is 17.5 Å². The Morgan fingerprint density at radius 3 is 2.48 bits per heavy atom. The quantitative estimate of drug-likeness (QED) is 0.785. The molecule has 0 aliphatic heterocycles. The topological polar surface area (TPSA) is 66.5 Å². The van der Waals surface area contributed by atoms with Gasteiger partial charge in [0, 0.05) is 6.04 Å². The maximum Gasteiger partial charge on any atom is 0.264 e. The summed E-state index contributed by atoms with van der Waals surface area (Å²) in [6.45, 7) is 3.58. The summed E-state index contributed by atoms with van der Waals surface area (Å²) in [6, 6.07) is 14.2. The van der Waals surface area contributed by atoms with Gasteiger partial charge in [-0.1, -0.05) is 36.8 Å². The van der Waals surface area contributed by atoms with E-state index >= 15 is 0 Å². The SMILES string of the molecule is Cc1ccc(C)c(N(CC(=O)N[C@@H]2C[C@@H]3CC[C@@H]2C3)S(=O)(=O)c2ccccc2)c1. The normalized spacial score (nSPS) is 23.2. The summed E-state index contributed by atoms with van der Waals surface area (Å²) >= 11 is 0. The number of hydrogen-bond acceptors (Lipinski definition) is 3. The van der Waals surface area contributed by atoms with Crippen molar-refractivity contribution in [1.82, 2.24) is 5.32 Å². The van der Waals surface area contributed by atoms with Crippen molar-refractivity contribution >= 4 is 21.6 Å². The average Bonchev–Trinajstić information content (AvgIpc) is 3.32. The van der Waals surface area contributed by atoms with Crippen LogP contribution in [-0.2, 0) is 14.8 Å². The fraction of sp³-hybridized carbons (Fsp3) is 0.435. The van der Waals surface area contributed by atoms with Crippen LogP contribution in [0.15, 0.2) is 53.4 Å². The number of hydrogen-bond donors (Lipinski definition) is 1. The monoisotopic (exact) mass is 412 g/mol. The summed E-state index contributed by atoms with van der Waals surface area (Å²) < 4.78 is 28.1. The lowest BCUT2D eigenvalue weighted by atomic mass is 9.95. The van der Waals surface area contributed by atoms with Gasteiger partial charge in [-0.05, 0) is 74.3 Å². The van der Waals surface area contributed by atoms with E-state index in [-0.39, 0.29) is 23.4 Å². The standard InChI is InChI=1S/C23H28N2O3S/c1-16-8-9-17(2)22(12-16)25(29(27,28)20-6-4-3-5-7-20)15-23(26)24-21-14-18-10-11-19(21)13-18/h3-9,12,18-19,21H,10-11,13-15H2,1-2H3,(H,24,26)/t18-,19-,21-/m1/s1. The minimum absolute atomic E-state index is 0.182. The molecule has 0 heterocycles. The summed E-state index contributed by atoms with van der Waals surface area (Å²) in [5.41, 5.74) is 2.33. The van der Waals surface area contributed by atoms with Crippen LogP contribution in [0.1, 0.15) is 36.8 Å². The maximum absolute atomic E-state index is 13.4. The van der Waals surface area contributed by atoms with Crippen LogP contribution in [0.2, 0.25) is 0 Å². The lowest BCUT2D eigenvalue weighted by Crippen LogP contribution is -2.46. The highest BCUT2D eigenvalue weighted by atomic mass is 32.2. The number of anilines is 1. The molecule has 0 radical (unpaired) electrons. The van der Waals surface area contributed by atoms with Gasteiger partial charge in [0.1, 0.15) is 6.54 Å². The van der Waals surface area contributed by atoms with E-state index in [2.05, 4.69) is 5.32 Å². The number of rotatable bonds is 6. The molecule has 1 N–H and O–H groups in total. The Bertz CT molecular complexity index is 1000. The van der Waals surface area contributed by atoms with Crippen LogP contribution in [0.25, 0.3) is 0 Å². The number of fused-ring (bicyclic) bond motifs is 2. The van der Waals surface area contributed by atoms with Crippen LogP contribution in [-0.4, -0.2) is 26.9 Å². The number of nitrogens with zero attached hydrogens (tertiary/aromatic N) is 1. The van der Waals surface area contributed by atoms with Gasteiger partial charge in [-0.3, -0.25) is 9.10 Å². The molecule has 3 atom stereocenters. The van der Waals surface area contributed by atoms with Gasteiger partial charge >= 0.3 is 0 Å². The van der Waals surface area contributed by atoms with Crippen LogP contribution in [0.5, 0.6) is 0 Å². The molecular weight excluding hydrogens is 384 g/mol. The molecule has 6 heteroatoms. The molecule has 2 fully saturated rings. The highest BCUT2D eigenvalue weighted by Gasteiger charge is 2.40. The zero-order chi connectivity index (χ0) is 20.6. The third kappa shape index (κ3) is 4.04. The number of carbonyl (C=O) groups is 1. The highest BCUT2D eigenvalue weighted by molar-refractivity contribution is 7.92. The van der Waals surface area contributed by atoms with Crippen molar-refractivity contribution in [2.45, 2.75) is 50.5 Å². The summed E-state index contributed by atoms with van der Waals surface area (Å²) in [5.74, 6) is 1.03. The van der Waals surface area contributed by atoms with Crippen LogP contribution in [0.3, 0.4) is 0 Å². The zero-order valence-electron chi connectivity index (χ0n) is 17.0. The van der Waals surface area contributed by atoms with E-state index in [4.69, 9.17) is 0 Å². The molecule has 2 saturated carbocycles. The first-order chi connectivity index (χ1) is 13.8. The van der Waals surface area contributed by atoms with Crippen molar-refractivity contribution in [2.75, 3.05) is 10.8 Å². The molecule has 1 amide bonds. The largest absolute Gasteiger partial charge is 0.352 e. The first kappa shape index (κ1) is 20.0.